The van der Waals surface area contributed by atoms with Crippen LogP contribution in [-0.4, -0.2) is 53.7 Å². The number of piperazine rings is 1. The third-order valence-corrected chi connectivity index (χ3v) is 6.35. The summed E-state index contributed by atoms with van der Waals surface area (Å²) in [5.41, 5.74) is 3.36. The van der Waals surface area contributed by atoms with Gasteiger partial charge in [-0.2, -0.15) is 0 Å². The Morgan fingerprint density at radius 2 is 1.42 bits per heavy atom. The Labute approximate surface area is 193 Å². The van der Waals surface area contributed by atoms with Crippen molar-refractivity contribution in [3.05, 3.63) is 107 Å². The van der Waals surface area contributed by atoms with E-state index in [4.69, 9.17) is 4.84 Å². The quantitative estimate of drug-likeness (QED) is 0.592. The van der Waals surface area contributed by atoms with Crippen LogP contribution in [0.3, 0.4) is 0 Å². The predicted molar refractivity (Wildman–Crippen MR) is 125 cm³/mol. The molecule has 33 heavy (non-hydrogen) atoms. The number of rotatable bonds is 5. The smallest absolute Gasteiger partial charge is 0.266 e. The van der Waals surface area contributed by atoms with Gasteiger partial charge in [0, 0.05) is 38.2 Å². The summed E-state index contributed by atoms with van der Waals surface area (Å²) in [6.45, 7) is 2.75. The van der Waals surface area contributed by atoms with Gasteiger partial charge in [0.15, 0.2) is 0 Å². The van der Waals surface area contributed by atoms with Crippen molar-refractivity contribution in [1.29, 1.82) is 0 Å². The Morgan fingerprint density at radius 1 is 0.848 bits per heavy atom. The lowest BCUT2D eigenvalue weighted by Crippen LogP contribution is -2.52. The molecule has 1 fully saturated rings. The van der Waals surface area contributed by atoms with Gasteiger partial charge in [-0.05, 0) is 17.2 Å². The van der Waals surface area contributed by atoms with Crippen molar-refractivity contribution in [2.24, 2.45) is 5.16 Å². The monoisotopic (exact) mass is 443 g/mol. The lowest BCUT2D eigenvalue weighted by molar-refractivity contribution is -0.144. The topological polar surface area (TPSA) is 45.1 Å². The molecule has 5 nitrogen and oxygen atoms in total. The van der Waals surface area contributed by atoms with Crippen LogP contribution in [0.1, 0.15) is 29.2 Å². The molecule has 0 aromatic heterocycles. The molecule has 0 spiro atoms. The molecular weight excluding hydrogens is 417 g/mol. The van der Waals surface area contributed by atoms with E-state index in [1.54, 1.807) is 18.2 Å². The zero-order chi connectivity index (χ0) is 22.6. The van der Waals surface area contributed by atoms with Gasteiger partial charge in [0.1, 0.15) is 5.82 Å². The zero-order valence-corrected chi connectivity index (χ0v) is 18.3. The maximum absolute atomic E-state index is 14.1. The molecule has 6 heteroatoms. The number of amides is 1. The molecule has 3 aromatic rings. The number of carbonyl (C=O) groups is 1. The van der Waals surface area contributed by atoms with Crippen LogP contribution in [0.25, 0.3) is 0 Å². The summed E-state index contributed by atoms with van der Waals surface area (Å²) in [5, 5.41) is 4.01. The summed E-state index contributed by atoms with van der Waals surface area (Å²) < 4.78 is 14.1. The summed E-state index contributed by atoms with van der Waals surface area (Å²) in [6, 6.07) is 27.5. The summed E-state index contributed by atoms with van der Waals surface area (Å²) in [5.74, 6) is -0.435. The number of carbonyl (C=O) groups excluding carboxylic acids is 1. The van der Waals surface area contributed by atoms with E-state index >= 15 is 0 Å². The molecule has 5 rings (SSSR count). The lowest BCUT2D eigenvalue weighted by Gasteiger charge is -2.40. The highest BCUT2D eigenvalue weighted by Crippen LogP contribution is 2.30. The van der Waals surface area contributed by atoms with Gasteiger partial charge in [0.05, 0.1) is 11.8 Å². The fraction of sp³-hybridized carbons (Fsp3) is 0.259. The Morgan fingerprint density at radius 3 is 2.03 bits per heavy atom. The van der Waals surface area contributed by atoms with Crippen molar-refractivity contribution in [2.45, 2.75) is 18.6 Å². The maximum Gasteiger partial charge on any atom is 0.266 e. The largest absolute Gasteiger partial charge is 0.382 e. The molecule has 0 aliphatic carbocycles. The fourth-order valence-corrected chi connectivity index (χ4v) is 4.65. The molecule has 2 heterocycles. The first-order valence-electron chi connectivity index (χ1n) is 11.3. The molecule has 2 aliphatic heterocycles. The third kappa shape index (κ3) is 4.52. The van der Waals surface area contributed by atoms with E-state index in [0.29, 0.717) is 24.4 Å². The average molecular weight is 444 g/mol. The molecule has 2 aliphatic rings. The summed E-state index contributed by atoms with van der Waals surface area (Å²) in [6.07, 6.45) is -0.401. The van der Waals surface area contributed by atoms with Crippen molar-refractivity contribution in [3.63, 3.8) is 0 Å². The molecule has 0 radical (unpaired) electrons. The highest BCUT2D eigenvalue weighted by Gasteiger charge is 2.35. The molecule has 0 N–H and O–H groups in total. The first kappa shape index (κ1) is 21.3. The first-order valence-corrected chi connectivity index (χ1v) is 11.3. The minimum atomic E-state index is -0.690. The fourth-order valence-electron chi connectivity index (χ4n) is 4.65. The van der Waals surface area contributed by atoms with Crippen molar-refractivity contribution in [1.82, 2.24) is 9.80 Å². The standard InChI is InChI=1S/C27H26FN3O2/c28-23-14-8-7-13-22(23)24-19-25(33-29-24)27(32)31-17-15-30(16-18-31)26(20-9-3-1-4-10-20)21-11-5-2-6-12-21/h1-14,25-26H,15-19H2/t25-/m1/s1. The SMILES string of the molecule is O=C([C@H]1CC(c2ccccc2F)=NO1)N1CCN(C(c2ccccc2)c2ccccc2)CC1. The Balaban J connectivity index is 1.24. The van der Waals surface area contributed by atoms with E-state index in [-0.39, 0.29) is 24.2 Å². The Hall–Kier alpha value is -3.51. The van der Waals surface area contributed by atoms with E-state index in [0.717, 1.165) is 13.1 Å². The third-order valence-electron chi connectivity index (χ3n) is 6.35. The van der Waals surface area contributed by atoms with Crippen LogP contribution in [0.15, 0.2) is 90.1 Å². The van der Waals surface area contributed by atoms with Crippen LogP contribution in [0, 0.1) is 5.82 Å². The van der Waals surface area contributed by atoms with Crippen molar-refractivity contribution < 1.29 is 14.0 Å². The lowest BCUT2D eigenvalue weighted by atomic mass is 9.96. The Kier molecular flexibility index (Phi) is 6.17. The van der Waals surface area contributed by atoms with Gasteiger partial charge < -0.3 is 9.74 Å². The number of hydrogen-bond acceptors (Lipinski definition) is 4. The summed E-state index contributed by atoms with van der Waals surface area (Å²) >= 11 is 0. The van der Waals surface area contributed by atoms with Crippen molar-refractivity contribution >= 4 is 11.6 Å². The van der Waals surface area contributed by atoms with Gasteiger partial charge in [-0.25, -0.2) is 4.39 Å². The highest BCUT2D eigenvalue weighted by molar-refractivity contribution is 6.04. The van der Waals surface area contributed by atoms with Gasteiger partial charge in [0.25, 0.3) is 5.91 Å². The molecular formula is C27H26FN3O2. The van der Waals surface area contributed by atoms with E-state index in [2.05, 4.69) is 58.6 Å². The second-order valence-corrected chi connectivity index (χ2v) is 8.40. The van der Waals surface area contributed by atoms with Gasteiger partial charge in [-0.15, -0.1) is 0 Å². The van der Waals surface area contributed by atoms with Gasteiger partial charge in [0.2, 0.25) is 6.10 Å². The average Bonchev–Trinajstić information content (AvgIpc) is 3.36. The summed E-state index contributed by atoms with van der Waals surface area (Å²) in [4.78, 5) is 22.8. The number of hydrogen-bond donors (Lipinski definition) is 0. The van der Waals surface area contributed by atoms with Crippen LogP contribution in [0.4, 0.5) is 4.39 Å². The molecule has 0 saturated carbocycles. The van der Waals surface area contributed by atoms with Crippen molar-refractivity contribution in [3.8, 4) is 0 Å². The van der Waals surface area contributed by atoms with E-state index in [1.807, 2.05) is 17.0 Å². The Bertz CT molecular complexity index is 1090. The first-order chi connectivity index (χ1) is 16.2. The van der Waals surface area contributed by atoms with Crippen LogP contribution in [0.2, 0.25) is 0 Å². The van der Waals surface area contributed by atoms with Crippen LogP contribution in [-0.2, 0) is 9.63 Å². The molecule has 1 saturated heterocycles. The van der Waals surface area contributed by atoms with Crippen LogP contribution >= 0.6 is 0 Å². The maximum atomic E-state index is 14.1. The van der Waals surface area contributed by atoms with Crippen molar-refractivity contribution in [2.75, 3.05) is 26.2 Å². The van der Waals surface area contributed by atoms with Crippen LogP contribution < -0.4 is 0 Å². The van der Waals surface area contributed by atoms with E-state index in [1.165, 1.54) is 17.2 Å². The van der Waals surface area contributed by atoms with Gasteiger partial charge >= 0.3 is 0 Å². The molecule has 0 bridgehead atoms. The number of benzene rings is 3. The predicted octanol–water partition coefficient (Wildman–Crippen LogP) is 4.25. The zero-order valence-electron chi connectivity index (χ0n) is 18.3. The second kappa shape index (κ2) is 9.55. The molecule has 1 atom stereocenters. The molecule has 168 valence electrons. The number of oxime groups is 1. The number of nitrogens with zero attached hydrogens (tertiary/aromatic N) is 3. The molecule has 3 aromatic carbocycles. The van der Waals surface area contributed by atoms with E-state index < -0.39 is 6.10 Å². The molecule has 0 unspecified atom stereocenters. The van der Waals surface area contributed by atoms with Gasteiger partial charge in [-0.3, -0.25) is 9.69 Å². The van der Waals surface area contributed by atoms with Gasteiger partial charge in [-0.1, -0.05) is 84.0 Å². The van der Waals surface area contributed by atoms with E-state index in [9.17, 15) is 9.18 Å². The highest BCUT2D eigenvalue weighted by atomic mass is 19.1. The minimum Gasteiger partial charge on any atom is -0.382 e. The number of halogens is 1. The minimum absolute atomic E-state index is 0.0827. The summed E-state index contributed by atoms with van der Waals surface area (Å²) in [7, 11) is 0. The molecule has 1 amide bonds. The van der Waals surface area contributed by atoms with Crippen LogP contribution in [0.5, 0.6) is 0 Å². The normalized spacial score (nSPS) is 18.8. The second-order valence-electron chi connectivity index (χ2n) is 8.40.